The van der Waals surface area contributed by atoms with Crippen LogP contribution in [0.3, 0.4) is 0 Å². The molecule has 0 bridgehead atoms. The predicted octanol–water partition coefficient (Wildman–Crippen LogP) is 4.30. The highest BCUT2D eigenvalue weighted by atomic mass is 35.5. The second-order valence-corrected chi connectivity index (χ2v) is 6.35. The van der Waals surface area contributed by atoms with Crippen molar-refractivity contribution in [2.24, 2.45) is 5.16 Å². The summed E-state index contributed by atoms with van der Waals surface area (Å²) in [7, 11) is 0. The molecule has 1 heterocycles. The van der Waals surface area contributed by atoms with Crippen LogP contribution in [0.25, 0.3) is 11.5 Å². The summed E-state index contributed by atoms with van der Waals surface area (Å²) in [6, 6.07) is 13.1. The van der Waals surface area contributed by atoms with Crippen molar-refractivity contribution in [2.75, 3.05) is 13.2 Å². The lowest BCUT2D eigenvalue weighted by Crippen LogP contribution is -2.14. The number of hydrogen-bond acceptors (Lipinski definition) is 7. The second kappa shape index (κ2) is 9.70. The van der Waals surface area contributed by atoms with Gasteiger partial charge < -0.3 is 19.1 Å². The normalized spacial score (nSPS) is 11.3. The highest BCUT2D eigenvalue weighted by Crippen LogP contribution is 2.21. The molecule has 0 aliphatic carbocycles. The van der Waals surface area contributed by atoms with E-state index in [1.54, 1.807) is 36.4 Å². The van der Waals surface area contributed by atoms with Crippen LogP contribution in [-0.2, 0) is 4.84 Å². The lowest BCUT2D eigenvalue weighted by Gasteiger charge is -2.07. The Hall–Kier alpha value is -3.39. The molecule has 0 radical (unpaired) electrons. The van der Waals surface area contributed by atoms with E-state index in [0.29, 0.717) is 28.8 Å². The van der Waals surface area contributed by atoms with Crippen molar-refractivity contribution in [3.8, 4) is 17.2 Å². The van der Waals surface area contributed by atoms with Gasteiger partial charge in [0.05, 0.1) is 5.56 Å². The number of rotatable bonds is 9. The van der Waals surface area contributed by atoms with Gasteiger partial charge in [0, 0.05) is 10.6 Å². The molecule has 3 aromatic rings. The number of aromatic carboxylic acids is 1. The molecule has 0 saturated carbocycles. The van der Waals surface area contributed by atoms with Crippen molar-refractivity contribution in [3.05, 3.63) is 65.0 Å². The summed E-state index contributed by atoms with van der Waals surface area (Å²) >= 11 is 5.90. The van der Waals surface area contributed by atoms with Crippen LogP contribution in [0.1, 0.15) is 29.6 Å². The van der Waals surface area contributed by atoms with Gasteiger partial charge in [0.1, 0.15) is 19.0 Å². The summed E-state index contributed by atoms with van der Waals surface area (Å²) in [5.74, 6) is -0.237. The fraction of sp³-hybridized carbons (Fsp3) is 0.200. The van der Waals surface area contributed by atoms with Gasteiger partial charge in [0.2, 0.25) is 5.89 Å². The van der Waals surface area contributed by atoms with Crippen LogP contribution in [0.4, 0.5) is 0 Å². The summed E-state index contributed by atoms with van der Waals surface area (Å²) < 4.78 is 11.4. The quantitative estimate of drug-likeness (QED) is 0.315. The van der Waals surface area contributed by atoms with E-state index in [1.165, 1.54) is 12.1 Å². The Balaban J connectivity index is 1.79. The van der Waals surface area contributed by atoms with E-state index < -0.39 is 5.97 Å². The van der Waals surface area contributed by atoms with Crippen LogP contribution in [0, 0.1) is 0 Å². The lowest BCUT2D eigenvalue weighted by molar-refractivity contribution is 0.0696. The smallest absolute Gasteiger partial charge is 0.335 e. The largest absolute Gasteiger partial charge is 0.487 e. The summed E-state index contributed by atoms with van der Waals surface area (Å²) in [6.07, 6.45) is 0.776. The topological polar surface area (TPSA) is 107 Å². The van der Waals surface area contributed by atoms with Crippen LogP contribution in [0.15, 0.2) is 58.1 Å². The summed E-state index contributed by atoms with van der Waals surface area (Å²) in [6.45, 7) is 2.32. The zero-order valence-electron chi connectivity index (χ0n) is 15.5. The molecule has 0 fully saturated rings. The van der Waals surface area contributed by atoms with Gasteiger partial charge >= 0.3 is 5.97 Å². The van der Waals surface area contributed by atoms with Gasteiger partial charge in [-0.1, -0.05) is 29.7 Å². The molecule has 150 valence electrons. The van der Waals surface area contributed by atoms with Crippen LogP contribution in [-0.4, -0.2) is 40.2 Å². The van der Waals surface area contributed by atoms with Crippen molar-refractivity contribution >= 4 is 23.3 Å². The number of benzene rings is 2. The molecule has 1 aromatic heterocycles. The Morgan fingerprint density at radius 3 is 2.72 bits per heavy atom. The van der Waals surface area contributed by atoms with Crippen LogP contribution in [0.2, 0.25) is 5.02 Å². The van der Waals surface area contributed by atoms with E-state index in [-0.39, 0.29) is 23.8 Å². The van der Waals surface area contributed by atoms with E-state index in [2.05, 4.69) is 15.4 Å². The zero-order valence-corrected chi connectivity index (χ0v) is 16.3. The fourth-order valence-corrected chi connectivity index (χ4v) is 2.39. The molecule has 1 N–H and O–H groups in total. The Morgan fingerprint density at radius 2 is 2.00 bits per heavy atom. The Kier molecular flexibility index (Phi) is 6.80. The second-order valence-electron chi connectivity index (χ2n) is 5.91. The molecule has 8 nitrogen and oxygen atoms in total. The molecule has 0 atom stereocenters. The molecule has 0 unspecified atom stereocenters. The maximum atomic E-state index is 11.1. The Bertz CT molecular complexity index is 1000. The minimum Gasteiger partial charge on any atom is -0.487 e. The first-order valence-electron chi connectivity index (χ1n) is 8.81. The predicted molar refractivity (Wildman–Crippen MR) is 106 cm³/mol. The number of carboxylic acid groups (broad SMARTS) is 1. The first-order valence-corrected chi connectivity index (χ1v) is 9.19. The SMILES string of the molecule is CCCO/N=C(\COc1cccc(C(=O)O)c1)c1nnc(-c2ccc(Cl)cc2)o1. The van der Waals surface area contributed by atoms with E-state index in [4.69, 9.17) is 30.7 Å². The summed E-state index contributed by atoms with van der Waals surface area (Å²) in [5.41, 5.74) is 1.11. The maximum Gasteiger partial charge on any atom is 0.335 e. The fourth-order valence-electron chi connectivity index (χ4n) is 2.26. The monoisotopic (exact) mass is 415 g/mol. The zero-order chi connectivity index (χ0) is 20.6. The first kappa shape index (κ1) is 20.3. The molecule has 0 saturated heterocycles. The van der Waals surface area contributed by atoms with Crippen LogP contribution < -0.4 is 4.74 Å². The number of carbonyl (C=O) groups is 1. The van der Waals surface area contributed by atoms with Crippen LogP contribution >= 0.6 is 11.6 Å². The average Bonchev–Trinajstić information content (AvgIpc) is 3.21. The van der Waals surface area contributed by atoms with Crippen LogP contribution in [0.5, 0.6) is 5.75 Å². The van der Waals surface area contributed by atoms with Gasteiger partial charge in [-0.25, -0.2) is 4.79 Å². The standard InChI is InChI=1S/C20H18ClN3O5/c1-2-10-28-24-17(12-27-16-5-3-4-14(11-16)20(25)26)19-23-22-18(29-19)13-6-8-15(21)9-7-13/h3-9,11H,2,10,12H2,1H3,(H,25,26)/b24-17+. The van der Waals surface area contributed by atoms with E-state index in [9.17, 15) is 4.79 Å². The Morgan fingerprint density at radius 1 is 1.21 bits per heavy atom. The molecular formula is C20H18ClN3O5. The van der Waals surface area contributed by atoms with Crippen molar-refractivity contribution in [2.45, 2.75) is 13.3 Å². The van der Waals surface area contributed by atoms with Crippen molar-refractivity contribution in [3.63, 3.8) is 0 Å². The minimum atomic E-state index is -1.04. The van der Waals surface area contributed by atoms with Crippen molar-refractivity contribution in [1.82, 2.24) is 10.2 Å². The third kappa shape index (κ3) is 5.55. The molecule has 29 heavy (non-hydrogen) atoms. The molecule has 0 spiro atoms. The number of halogens is 1. The number of ether oxygens (including phenoxy) is 1. The number of aromatic nitrogens is 2. The van der Waals surface area contributed by atoms with Gasteiger partial charge in [-0.15, -0.1) is 10.2 Å². The van der Waals surface area contributed by atoms with Gasteiger partial charge in [-0.05, 0) is 48.9 Å². The van der Waals surface area contributed by atoms with Crippen molar-refractivity contribution < 1.29 is 23.9 Å². The molecule has 2 aromatic carbocycles. The van der Waals surface area contributed by atoms with Crippen molar-refractivity contribution in [1.29, 1.82) is 0 Å². The molecule has 0 aliphatic heterocycles. The number of hydrogen-bond donors (Lipinski definition) is 1. The maximum absolute atomic E-state index is 11.1. The highest BCUT2D eigenvalue weighted by molar-refractivity contribution is 6.30. The number of carboxylic acids is 1. The number of nitrogens with zero attached hydrogens (tertiary/aromatic N) is 3. The van der Waals surface area contributed by atoms with E-state index in [1.807, 2.05) is 6.92 Å². The molecule has 9 heteroatoms. The van der Waals surface area contributed by atoms with Gasteiger partial charge in [0.15, 0.2) is 5.71 Å². The molecule has 3 rings (SSSR count). The Labute approximate surface area is 171 Å². The molecule has 0 aliphatic rings. The lowest BCUT2D eigenvalue weighted by atomic mass is 10.2. The summed E-state index contributed by atoms with van der Waals surface area (Å²) in [4.78, 5) is 16.4. The van der Waals surface area contributed by atoms with Gasteiger partial charge in [0.25, 0.3) is 5.89 Å². The van der Waals surface area contributed by atoms with Gasteiger partial charge in [-0.2, -0.15) is 0 Å². The van der Waals surface area contributed by atoms with E-state index >= 15 is 0 Å². The van der Waals surface area contributed by atoms with E-state index in [0.717, 1.165) is 6.42 Å². The average molecular weight is 416 g/mol. The first-order chi connectivity index (χ1) is 14.1. The van der Waals surface area contributed by atoms with Gasteiger partial charge in [-0.3, -0.25) is 0 Å². The molecular weight excluding hydrogens is 398 g/mol. The molecule has 0 amide bonds. The minimum absolute atomic E-state index is 0.0466. The summed E-state index contributed by atoms with van der Waals surface area (Å²) in [5, 5.41) is 21.8. The third-order valence-corrected chi connectivity index (χ3v) is 3.94. The highest BCUT2D eigenvalue weighted by Gasteiger charge is 2.17. The third-order valence-electron chi connectivity index (χ3n) is 3.69. The number of oxime groups is 1.